The van der Waals surface area contributed by atoms with Crippen LogP contribution >= 0.6 is 0 Å². The lowest BCUT2D eigenvalue weighted by molar-refractivity contribution is -0.132. The van der Waals surface area contributed by atoms with E-state index in [4.69, 9.17) is 4.52 Å². The van der Waals surface area contributed by atoms with Crippen molar-refractivity contribution >= 4 is 11.9 Å². The van der Waals surface area contributed by atoms with Gasteiger partial charge in [-0.25, -0.2) is 9.18 Å². The van der Waals surface area contributed by atoms with E-state index in [0.717, 1.165) is 17.7 Å². The van der Waals surface area contributed by atoms with Crippen LogP contribution in [0.1, 0.15) is 43.2 Å². The SMILES string of the molecule is CCCC[C@@]1(c2ccc(F)cc2)NC(=O)N(Cc2cc(C)on2)C1=O. The fourth-order valence-corrected chi connectivity index (χ4v) is 3.11. The summed E-state index contributed by atoms with van der Waals surface area (Å²) in [7, 11) is 0. The zero-order chi connectivity index (χ0) is 18.0. The normalized spacial score (nSPS) is 20.2. The highest BCUT2D eigenvalue weighted by Crippen LogP contribution is 2.35. The van der Waals surface area contributed by atoms with Gasteiger partial charge in [0.25, 0.3) is 5.91 Å². The van der Waals surface area contributed by atoms with Gasteiger partial charge in [0, 0.05) is 6.07 Å². The maximum Gasteiger partial charge on any atom is 0.325 e. The topological polar surface area (TPSA) is 75.4 Å². The number of unbranched alkanes of at least 4 members (excludes halogenated alkanes) is 1. The lowest BCUT2D eigenvalue weighted by Crippen LogP contribution is -2.44. The number of hydrogen-bond acceptors (Lipinski definition) is 4. The minimum atomic E-state index is -1.17. The Hall–Kier alpha value is -2.70. The first-order valence-electron chi connectivity index (χ1n) is 8.28. The molecule has 0 unspecified atom stereocenters. The minimum absolute atomic E-state index is 0.0388. The van der Waals surface area contributed by atoms with Crippen molar-refractivity contribution in [3.63, 3.8) is 0 Å². The molecule has 3 rings (SSSR count). The summed E-state index contributed by atoms with van der Waals surface area (Å²) >= 11 is 0. The van der Waals surface area contributed by atoms with Crippen LogP contribution in [-0.4, -0.2) is 22.0 Å². The van der Waals surface area contributed by atoms with Crippen LogP contribution in [0.15, 0.2) is 34.9 Å². The number of nitrogens with one attached hydrogen (secondary N) is 1. The molecule has 1 aliphatic heterocycles. The molecule has 25 heavy (non-hydrogen) atoms. The summed E-state index contributed by atoms with van der Waals surface area (Å²) in [5.41, 5.74) is -0.0783. The highest BCUT2D eigenvalue weighted by Gasteiger charge is 2.51. The summed E-state index contributed by atoms with van der Waals surface area (Å²) in [5.74, 6) is -0.128. The van der Waals surface area contributed by atoms with Crippen molar-refractivity contribution < 1.29 is 18.5 Å². The van der Waals surface area contributed by atoms with E-state index in [2.05, 4.69) is 10.5 Å². The number of rotatable bonds is 6. The van der Waals surface area contributed by atoms with Crippen LogP contribution in [0.5, 0.6) is 0 Å². The predicted octanol–water partition coefficient (Wildman–Crippen LogP) is 3.26. The maximum atomic E-state index is 13.3. The van der Waals surface area contributed by atoms with E-state index in [-0.39, 0.29) is 18.3 Å². The molecule has 3 amide bonds. The van der Waals surface area contributed by atoms with Gasteiger partial charge in [-0.3, -0.25) is 9.69 Å². The van der Waals surface area contributed by atoms with Crippen molar-refractivity contribution in [3.8, 4) is 0 Å². The standard InChI is InChI=1S/C18H20FN3O3/c1-3-4-9-18(13-5-7-14(19)8-6-13)16(23)22(17(24)20-18)11-15-10-12(2)25-21-15/h5-8,10H,3-4,9,11H2,1-2H3,(H,20,24)/t18-/m0/s1. The van der Waals surface area contributed by atoms with Crippen LogP contribution in [0.3, 0.4) is 0 Å². The molecule has 0 radical (unpaired) electrons. The molecular formula is C18H20FN3O3. The van der Waals surface area contributed by atoms with Gasteiger partial charge >= 0.3 is 6.03 Å². The Morgan fingerprint density at radius 1 is 1.28 bits per heavy atom. The number of nitrogens with zero attached hydrogens (tertiary/aromatic N) is 2. The third kappa shape index (κ3) is 3.14. The van der Waals surface area contributed by atoms with Crippen molar-refractivity contribution in [1.29, 1.82) is 0 Å². The Kier molecular flexibility index (Phi) is 4.57. The summed E-state index contributed by atoms with van der Waals surface area (Å²) in [6.07, 6.45) is 2.07. The quantitative estimate of drug-likeness (QED) is 0.816. The molecule has 1 aromatic heterocycles. The van der Waals surface area contributed by atoms with Gasteiger partial charge in [0.15, 0.2) is 0 Å². The van der Waals surface area contributed by atoms with Crippen molar-refractivity contribution in [2.45, 2.75) is 45.2 Å². The molecule has 1 atom stereocenters. The number of carbonyl (C=O) groups excluding carboxylic acids is 2. The van der Waals surface area contributed by atoms with Crippen molar-refractivity contribution in [2.75, 3.05) is 0 Å². The number of amides is 3. The summed E-state index contributed by atoms with van der Waals surface area (Å²) in [6, 6.07) is 6.90. The van der Waals surface area contributed by atoms with Gasteiger partial charge in [0.1, 0.15) is 22.8 Å². The molecule has 7 heteroatoms. The second-order valence-corrected chi connectivity index (χ2v) is 6.27. The lowest BCUT2D eigenvalue weighted by Gasteiger charge is -2.27. The number of imide groups is 1. The van der Waals surface area contributed by atoms with Crippen LogP contribution in [0.25, 0.3) is 0 Å². The van der Waals surface area contributed by atoms with Gasteiger partial charge in [0.2, 0.25) is 0 Å². The maximum absolute atomic E-state index is 13.3. The number of hydrogen-bond donors (Lipinski definition) is 1. The van der Waals surface area contributed by atoms with E-state index < -0.39 is 11.6 Å². The van der Waals surface area contributed by atoms with Gasteiger partial charge < -0.3 is 9.84 Å². The monoisotopic (exact) mass is 345 g/mol. The van der Waals surface area contributed by atoms with E-state index in [0.29, 0.717) is 23.4 Å². The first-order valence-corrected chi connectivity index (χ1v) is 8.28. The Balaban J connectivity index is 1.94. The van der Waals surface area contributed by atoms with Gasteiger partial charge in [-0.05, 0) is 31.0 Å². The van der Waals surface area contributed by atoms with Gasteiger partial charge in [0.05, 0.1) is 6.54 Å². The second kappa shape index (κ2) is 6.66. The Labute approximate surface area is 145 Å². The van der Waals surface area contributed by atoms with E-state index in [1.54, 1.807) is 25.1 Å². The summed E-state index contributed by atoms with van der Waals surface area (Å²) < 4.78 is 18.3. The molecule has 1 aliphatic rings. The molecule has 1 fully saturated rings. The van der Waals surface area contributed by atoms with Gasteiger partial charge in [-0.2, -0.15) is 0 Å². The van der Waals surface area contributed by atoms with Crippen LogP contribution < -0.4 is 5.32 Å². The Morgan fingerprint density at radius 3 is 2.60 bits per heavy atom. The van der Waals surface area contributed by atoms with Gasteiger partial charge in [-0.15, -0.1) is 0 Å². The summed E-state index contributed by atoms with van der Waals surface area (Å²) in [4.78, 5) is 26.7. The molecule has 0 bridgehead atoms. The summed E-state index contributed by atoms with van der Waals surface area (Å²) in [6.45, 7) is 3.79. The Bertz CT molecular complexity index is 787. The van der Waals surface area contributed by atoms with E-state index in [1.807, 2.05) is 6.92 Å². The van der Waals surface area contributed by atoms with Crippen LogP contribution in [0.4, 0.5) is 9.18 Å². The van der Waals surface area contributed by atoms with Crippen molar-refractivity contribution in [3.05, 3.63) is 53.2 Å². The number of urea groups is 1. The predicted molar refractivity (Wildman–Crippen MR) is 87.9 cm³/mol. The Morgan fingerprint density at radius 2 is 2.00 bits per heavy atom. The fraction of sp³-hybridized carbons (Fsp3) is 0.389. The van der Waals surface area contributed by atoms with Crippen LogP contribution in [-0.2, 0) is 16.9 Å². The molecule has 1 saturated heterocycles. The third-order valence-electron chi connectivity index (χ3n) is 4.41. The number of halogens is 1. The second-order valence-electron chi connectivity index (χ2n) is 6.27. The zero-order valence-corrected chi connectivity index (χ0v) is 14.2. The first kappa shape index (κ1) is 17.1. The molecule has 1 aromatic carbocycles. The molecule has 6 nitrogen and oxygen atoms in total. The first-order chi connectivity index (χ1) is 12.0. The highest BCUT2D eigenvalue weighted by molar-refractivity contribution is 6.07. The van der Waals surface area contributed by atoms with Gasteiger partial charge in [-0.1, -0.05) is 37.1 Å². The average Bonchev–Trinajstić information content (AvgIpc) is 3.10. The smallest absolute Gasteiger partial charge is 0.325 e. The van der Waals surface area contributed by atoms with Crippen LogP contribution in [0, 0.1) is 12.7 Å². The zero-order valence-electron chi connectivity index (χ0n) is 14.2. The number of benzene rings is 1. The molecule has 1 N–H and O–H groups in total. The lowest BCUT2D eigenvalue weighted by atomic mass is 9.84. The molecule has 0 spiro atoms. The number of carbonyl (C=O) groups is 2. The number of aromatic nitrogens is 1. The van der Waals surface area contributed by atoms with E-state index >= 15 is 0 Å². The van der Waals surface area contributed by atoms with E-state index in [1.165, 1.54) is 12.1 Å². The molecule has 2 aromatic rings. The molecule has 0 aliphatic carbocycles. The number of aryl methyl sites for hydroxylation is 1. The molecule has 132 valence electrons. The molecule has 0 saturated carbocycles. The van der Waals surface area contributed by atoms with Crippen LogP contribution in [0.2, 0.25) is 0 Å². The average molecular weight is 345 g/mol. The highest BCUT2D eigenvalue weighted by atomic mass is 19.1. The molecule has 2 heterocycles. The van der Waals surface area contributed by atoms with Crippen molar-refractivity contribution in [1.82, 2.24) is 15.4 Å². The van der Waals surface area contributed by atoms with Crippen molar-refractivity contribution in [2.24, 2.45) is 0 Å². The minimum Gasteiger partial charge on any atom is -0.361 e. The fourth-order valence-electron chi connectivity index (χ4n) is 3.11. The van der Waals surface area contributed by atoms with E-state index in [9.17, 15) is 14.0 Å². The molecular weight excluding hydrogens is 325 g/mol. The third-order valence-corrected chi connectivity index (χ3v) is 4.41. The summed E-state index contributed by atoms with van der Waals surface area (Å²) in [5, 5.41) is 6.67. The largest absolute Gasteiger partial charge is 0.361 e.